The molecular weight excluding hydrogens is 321 g/mol. The van der Waals surface area contributed by atoms with Crippen molar-refractivity contribution in [2.45, 2.75) is 5.75 Å². The summed E-state index contributed by atoms with van der Waals surface area (Å²) < 4.78 is 41.1. The average molecular weight is 337 g/mol. The number of rotatable bonds is 5. The molecule has 0 saturated carbocycles. The van der Waals surface area contributed by atoms with Crippen LogP contribution in [0.5, 0.6) is 5.75 Å². The molecule has 23 heavy (non-hydrogen) atoms. The van der Waals surface area contributed by atoms with E-state index in [1.54, 1.807) is 18.2 Å². The highest BCUT2D eigenvalue weighted by Gasteiger charge is 2.11. The summed E-state index contributed by atoms with van der Waals surface area (Å²) in [6.07, 6.45) is 1.12. The van der Waals surface area contributed by atoms with Crippen LogP contribution < -0.4 is 10.1 Å². The van der Waals surface area contributed by atoms with Crippen molar-refractivity contribution >= 4 is 21.4 Å². The van der Waals surface area contributed by atoms with E-state index >= 15 is 0 Å². The molecule has 0 spiro atoms. The number of ether oxygens (including phenoxy) is 1. The number of carbonyl (C=O) groups excluding carboxylic acids is 1. The number of hydrogen-bond acceptors (Lipinski definition) is 4. The highest BCUT2D eigenvalue weighted by atomic mass is 32.2. The van der Waals surface area contributed by atoms with Crippen LogP contribution in [0.25, 0.3) is 0 Å². The van der Waals surface area contributed by atoms with Crippen molar-refractivity contribution in [3.05, 3.63) is 59.4 Å². The summed E-state index contributed by atoms with van der Waals surface area (Å²) in [5.74, 6) is -1.11. The molecule has 2 aromatic rings. The Labute approximate surface area is 134 Å². The number of methoxy groups -OCH3 is 1. The first kappa shape index (κ1) is 17.0. The van der Waals surface area contributed by atoms with Crippen molar-refractivity contribution in [1.82, 2.24) is 0 Å². The topological polar surface area (TPSA) is 72.5 Å². The Kier molecular flexibility index (Phi) is 5.00. The summed E-state index contributed by atoms with van der Waals surface area (Å²) in [5.41, 5.74) is 1.09. The largest absolute Gasteiger partial charge is 0.494 e. The first-order valence-corrected chi connectivity index (χ1v) is 8.76. The van der Waals surface area contributed by atoms with Crippen molar-refractivity contribution in [2.24, 2.45) is 0 Å². The van der Waals surface area contributed by atoms with Crippen molar-refractivity contribution in [1.29, 1.82) is 0 Å². The summed E-state index contributed by atoms with van der Waals surface area (Å²) >= 11 is 0. The van der Waals surface area contributed by atoms with E-state index in [1.165, 1.54) is 25.3 Å². The number of nitrogens with one attached hydrogen (secondary N) is 1. The smallest absolute Gasteiger partial charge is 0.255 e. The third kappa shape index (κ3) is 4.79. The van der Waals surface area contributed by atoms with E-state index in [0.717, 1.165) is 12.3 Å². The summed E-state index contributed by atoms with van der Waals surface area (Å²) in [7, 11) is -1.84. The van der Waals surface area contributed by atoms with Gasteiger partial charge in [-0.25, -0.2) is 12.8 Å². The molecule has 0 radical (unpaired) electrons. The standard InChI is InChI=1S/C16H16FNO4S/c1-22-15-7-6-13(9-14(15)17)18-16(19)12-5-3-4-11(8-12)10-23(2,20)21/h3-9H,10H2,1-2H3,(H,18,19). The molecule has 122 valence electrons. The fourth-order valence-corrected chi connectivity index (χ4v) is 2.84. The number of anilines is 1. The zero-order valence-corrected chi connectivity index (χ0v) is 13.5. The molecular formula is C16H16FNO4S. The van der Waals surface area contributed by atoms with Crippen LogP contribution in [0.4, 0.5) is 10.1 Å². The average Bonchev–Trinajstić information content (AvgIpc) is 2.46. The molecule has 0 atom stereocenters. The minimum Gasteiger partial charge on any atom is -0.494 e. The molecule has 0 saturated heterocycles. The minimum absolute atomic E-state index is 0.0816. The van der Waals surface area contributed by atoms with Gasteiger partial charge in [0.25, 0.3) is 5.91 Å². The van der Waals surface area contributed by atoms with Gasteiger partial charge in [-0.3, -0.25) is 4.79 Å². The van der Waals surface area contributed by atoms with E-state index in [0.29, 0.717) is 11.1 Å². The molecule has 2 rings (SSSR count). The predicted octanol–water partition coefficient (Wildman–Crippen LogP) is 2.63. The third-order valence-electron chi connectivity index (χ3n) is 3.03. The Hall–Kier alpha value is -2.41. The second-order valence-corrected chi connectivity index (χ2v) is 7.21. The molecule has 1 amide bonds. The first-order valence-electron chi connectivity index (χ1n) is 6.70. The zero-order chi connectivity index (χ0) is 17.0. The Morgan fingerprint density at radius 3 is 2.57 bits per heavy atom. The lowest BCUT2D eigenvalue weighted by Crippen LogP contribution is -2.13. The van der Waals surface area contributed by atoms with Gasteiger partial charge in [-0.1, -0.05) is 12.1 Å². The van der Waals surface area contributed by atoms with E-state index in [-0.39, 0.29) is 17.2 Å². The van der Waals surface area contributed by atoms with Crippen LogP contribution in [0.3, 0.4) is 0 Å². The molecule has 0 fully saturated rings. The van der Waals surface area contributed by atoms with Crippen molar-refractivity contribution < 1.29 is 22.3 Å². The molecule has 0 bridgehead atoms. The molecule has 0 aromatic heterocycles. The first-order chi connectivity index (χ1) is 10.8. The second-order valence-electron chi connectivity index (χ2n) is 5.07. The number of halogens is 1. The van der Waals surface area contributed by atoms with Crippen LogP contribution in [0.2, 0.25) is 0 Å². The molecule has 0 unspecified atom stereocenters. The number of carbonyl (C=O) groups is 1. The van der Waals surface area contributed by atoms with E-state index in [1.807, 2.05) is 0 Å². The lowest BCUT2D eigenvalue weighted by Gasteiger charge is -2.08. The van der Waals surface area contributed by atoms with Gasteiger partial charge in [0.15, 0.2) is 21.4 Å². The van der Waals surface area contributed by atoms with E-state index < -0.39 is 21.6 Å². The Balaban J connectivity index is 2.18. The van der Waals surface area contributed by atoms with Gasteiger partial charge in [0.2, 0.25) is 0 Å². The van der Waals surface area contributed by atoms with Crippen LogP contribution in [0.15, 0.2) is 42.5 Å². The summed E-state index contributed by atoms with van der Waals surface area (Å²) in [5, 5.41) is 2.56. The van der Waals surface area contributed by atoms with E-state index in [2.05, 4.69) is 5.32 Å². The Bertz CT molecular complexity index is 834. The predicted molar refractivity (Wildman–Crippen MR) is 85.9 cm³/mol. The second kappa shape index (κ2) is 6.78. The maximum absolute atomic E-state index is 13.6. The monoisotopic (exact) mass is 337 g/mol. The maximum atomic E-state index is 13.6. The van der Waals surface area contributed by atoms with Gasteiger partial charge in [-0.15, -0.1) is 0 Å². The highest BCUT2D eigenvalue weighted by molar-refractivity contribution is 7.89. The van der Waals surface area contributed by atoms with E-state index in [4.69, 9.17) is 4.74 Å². The number of hydrogen-bond donors (Lipinski definition) is 1. The summed E-state index contributed by atoms with van der Waals surface area (Å²) in [6, 6.07) is 10.4. The van der Waals surface area contributed by atoms with Gasteiger partial charge < -0.3 is 10.1 Å². The summed E-state index contributed by atoms with van der Waals surface area (Å²) in [6.45, 7) is 0. The molecule has 7 heteroatoms. The third-order valence-corrected chi connectivity index (χ3v) is 3.89. The van der Waals surface area contributed by atoms with E-state index in [9.17, 15) is 17.6 Å². The number of sulfone groups is 1. The van der Waals surface area contributed by atoms with Crippen LogP contribution in [-0.4, -0.2) is 27.7 Å². The lowest BCUT2D eigenvalue weighted by atomic mass is 10.1. The minimum atomic E-state index is -3.19. The van der Waals surface area contributed by atoms with Crippen LogP contribution in [0.1, 0.15) is 15.9 Å². The lowest BCUT2D eigenvalue weighted by molar-refractivity contribution is 0.102. The summed E-state index contributed by atoms with van der Waals surface area (Å²) in [4.78, 5) is 12.2. The molecule has 5 nitrogen and oxygen atoms in total. The molecule has 0 aliphatic carbocycles. The highest BCUT2D eigenvalue weighted by Crippen LogP contribution is 2.21. The number of benzene rings is 2. The molecule has 0 heterocycles. The van der Waals surface area contributed by atoms with Crippen LogP contribution in [-0.2, 0) is 15.6 Å². The van der Waals surface area contributed by atoms with Gasteiger partial charge in [0.05, 0.1) is 12.9 Å². The van der Waals surface area contributed by atoms with Gasteiger partial charge in [-0.05, 0) is 29.8 Å². The Morgan fingerprint density at radius 1 is 1.22 bits per heavy atom. The zero-order valence-electron chi connectivity index (χ0n) is 12.7. The molecule has 1 N–H and O–H groups in total. The fourth-order valence-electron chi connectivity index (χ4n) is 2.05. The maximum Gasteiger partial charge on any atom is 0.255 e. The van der Waals surface area contributed by atoms with Crippen molar-refractivity contribution in [3.8, 4) is 5.75 Å². The van der Waals surface area contributed by atoms with Crippen molar-refractivity contribution in [3.63, 3.8) is 0 Å². The van der Waals surface area contributed by atoms with Crippen LogP contribution in [0, 0.1) is 5.82 Å². The Morgan fingerprint density at radius 2 is 1.96 bits per heavy atom. The quantitative estimate of drug-likeness (QED) is 0.910. The van der Waals surface area contributed by atoms with Crippen LogP contribution >= 0.6 is 0 Å². The molecule has 2 aromatic carbocycles. The van der Waals surface area contributed by atoms with Gasteiger partial charge in [-0.2, -0.15) is 0 Å². The molecule has 0 aliphatic heterocycles. The molecule has 0 aliphatic rings. The normalized spacial score (nSPS) is 11.1. The number of amides is 1. The SMILES string of the molecule is COc1ccc(NC(=O)c2cccc(CS(C)(=O)=O)c2)cc1F. The van der Waals surface area contributed by atoms with Crippen molar-refractivity contribution in [2.75, 3.05) is 18.7 Å². The van der Waals surface area contributed by atoms with Gasteiger partial charge >= 0.3 is 0 Å². The fraction of sp³-hybridized carbons (Fsp3) is 0.188. The van der Waals surface area contributed by atoms with Gasteiger partial charge in [0, 0.05) is 23.6 Å². The van der Waals surface area contributed by atoms with Gasteiger partial charge in [0.1, 0.15) is 0 Å².